The first-order valence-corrected chi connectivity index (χ1v) is 7.15. The van der Waals surface area contributed by atoms with Crippen molar-refractivity contribution in [3.8, 4) is 0 Å². The fourth-order valence-electron chi connectivity index (χ4n) is 3.02. The number of urea groups is 1. The first kappa shape index (κ1) is 13.8. The van der Waals surface area contributed by atoms with Gasteiger partial charge in [0.25, 0.3) is 0 Å². The van der Waals surface area contributed by atoms with Crippen LogP contribution in [-0.2, 0) is 16.6 Å². The number of nitrogens with zero attached hydrogens (tertiary/aromatic N) is 4. The van der Waals surface area contributed by atoms with Crippen molar-refractivity contribution >= 4 is 18.2 Å². The molecule has 3 heterocycles. The highest BCUT2D eigenvalue weighted by Crippen LogP contribution is 2.28. The average Bonchev–Trinajstić information content (AvgIpc) is 2.91. The highest BCUT2D eigenvalue weighted by atomic mass is 16.2. The van der Waals surface area contributed by atoms with Crippen LogP contribution in [0.2, 0.25) is 0 Å². The summed E-state index contributed by atoms with van der Waals surface area (Å²) in [7, 11) is 1.86. The molecule has 3 amide bonds. The van der Waals surface area contributed by atoms with Crippen LogP contribution in [0.25, 0.3) is 0 Å². The summed E-state index contributed by atoms with van der Waals surface area (Å²) in [5.41, 5.74) is 1.11. The molecular formula is C14H18N4O3. The standard InChI is InChI=1S/C14H18N4O3/c1-16-7-11(6-15-16)10-3-2-4-17(8-10)14(21)18-12(9-19)5-13(18)20/h6-7,9-10,12H,2-5,8H2,1H3. The Hall–Kier alpha value is -2.18. The van der Waals surface area contributed by atoms with Gasteiger partial charge < -0.3 is 9.69 Å². The molecule has 2 saturated heterocycles. The maximum atomic E-state index is 12.4. The summed E-state index contributed by atoms with van der Waals surface area (Å²) in [6.45, 7) is 1.20. The monoisotopic (exact) mass is 290 g/mol. The number of carbonyl (C=O) groups excluding carboxylic acids is 3. The van der Waals surface area contributed by atoms with E-state index in [2.05, 4.69) is 5.10 Å². The van der Waals surface area contributed by atoms with Crippen molar-refractivity contribution in [2.75, 3.05) is 13.1 Å². The number of aldehydes is 1. The number of aromatic nitrogens is 2. The van der Waals surface area contributed by atoms with Crippen molar-refractivity contribution in [2.45, 2.75) is 31.2 Å². The van der Waals surface area contributed by atoms with E-state index < -0.39 is 6.04 Å². The van der Waals surface area contributed by atoms with Gasteiger partial charge in [-0.2, -0.15) is 5.10 Å². The molecule has 21 heavy (non-hydrogen) atoms. The molecule has 0 saturated carbocycles. The first-order chi connectivity index (χ1) is 10.1. The van der Waals surface area contributed by atoms with Gasteiger partial charge in [0, 0.05) is 32.3 Å². The van der Waals surface area contributed by atoms with Gasteiger partial charge in [0.15, 0.2) is 0 Å². The van der Waals surface area contributed by atoms with E-state index in [-0.39, 0.29) is 24.3 Å². The lowest BCUT2D eigenvalue weighted by Crippen LogP contribution is -2.61. The number of hydrogen-bond donors (Lipinski definition) is 0. The zero-order valence-electron chi connectivity index (χ0n) is 11.9. The van der Waals surface area contributed by atoms with E-state index in [1.54, 1.807) is 9.58 Å². The molecule has 0 bridgehead atoms. The second-order valence-electron chi connectivity index (χ2n) is 5.69. The lowest BCUT2D eigenvalue weighted by molar-refractivity contribution is -0.145. The summed E-state index contributed by atoms with van der Waals surface area (Å²) in [6.07, 6.45) is 6.49. The highest BCUT2D eigenvalue weighted by Gasteiger charge is 2.43. The van der Waals surface area contributed by atoms with E-state index in [4.69, 9.17) is 0 Å². The van der Waals surface area contributed by atoms with Crippen molar-refractivity contribution in [1.82, 2.24) is 19.6 Å². The molecule has 2 aliphatic rings. The molecule has 0 aromatic carbocycles. The summed E-state index contributed by atoms with van der Waals surface area (Å²) in [6, 6.07) is -0.916. The number of β-lactam (4-membered cyclic amide) rings is 1. The van der Waals surface area contributed by atoms with Crippen LogP contribution in [0.4, 0.5) is 4.79 Å². The molecule has 1 aromatic heterocycles. The molecule has 2 atom stereocenters. The summed E-state index contributed by atoms with van der Waals surface area (Å²) < 4.78 is 1.75. The Morgan fingerprint density at radius 1 is 1.48 bits per heavy atom. The van der Waals surface area contributed by atoms with E-state index in [1.807, 2.05) is 19.4 Å². The summed E-state index contributed by atoms with van der Waals surface area (Å²) in [4.78, 5) is 37.5. The van der Waals surface area contributed by atoms with Crippen LogP contribution in [0.3, 0.4) is 0 Å². The molecular weight excluding hydrogens is 272 g/mol. The molecule has 0 aliphatic carbocycles. The number of carbonyl (C=O) groups is 3. The van der Waals surface area contributed by atoms with E-state index in [0.29, 0.717) is 19.4 Å². The number of amides is 3. The van der Waals surface area contributed by atoms with Crippen molar-refractivity contribution in [3.05, 3.63) is 18.0 Å². The Balaban J connectivity index is 1.69. The Morgan fingerprint density at radius 2 is 2.29 bits per heavy atom. The van der Waals surface area contributed by atoms with Crippen LogP contribution in [0.5, 0.6) is 0 Å². The van der Waals surface area contributed by atoms with Crippen molar-refractivity contribution in [2.24, 2.45) is 7.05 Å². The SMILES string of the molecule is Cn1cc(C2CCCN(C(=O)N3C(=O)CC3C=O)C2)cn1. The number of likely N-dealkylation sites (tertiary alicyclic amines) is 2. The topological polar surface area (TPSA) is 75.5 Å². The smallest absolute Gasteiger partial charge is 0.324 e. The van der Waals surface area contributed by atoms with Crippen molar-refractivity contribution in [3.63, 3.8) is 0 Å². The quantitative estimate of drug-likeness (QED) is 0.588. The van der Waals surface area contributed by atoms with Gasteiger partial charge in [-0.25, -0.2) is 4.79 Å². The number of hydrogen-bond acceptors (Lipinski definition) is 4. The number of aryl methyl sites for hydroxylation is 1. The van der Waals surface area contributed by atoms with E-state index >= 15 is 0 Å². The molecule has 112 valence electrons. The molecule has 2 unspecified atom stereocenters. The van der Waals surface area contributed by atoms with Gasteiger partial charge in [-0.1, -0.05) is 0 Å². The normalized spacial score (nSPS) is 25.7. The number of imide groups is 1. The summed E-state index contributed by atoms with van der Waals surface area (Å²) in [5, 5.41) is 4.16. The molecule has 2 aliphatic heterocycles. The van der Waals surface area contributed by atoms with Gasteiger partial charge in [0.1, 0.15) is 12.3 Å². The third-order valence-electron chi connectivity index (χ3n) is 4.24. The maximum Gasteiger partial charge on any atom is 0.327 e. The van der Waals surface area contributed by atoms with Crippen LogP contribution in [0.15, 0.2) is 12.4 Å². The third-order valence-corrected chi connectivity index (χ3v) is 4.24. The minimum absolute atomic E-state index is 0.148. The van der Waals surface area contributed by atoms with E-state index in [9.17, 15) is 14.4 Å². The van der Waals surface area contributed by atoms with Gasteiger partial charge in [-0.3, -0.25) is 14.4 Å². The molecule has 0 N–H and O–H groups in total. The Kier molecular flexibility index (Phi) is 3.48. The van der Waals surface area contributed by atoms with Gasteiger partial charge in [0.05, 0.1) is 12.6 Å². The first-order valence-electron chi connectivity index (χ1n) is 7.15. The number of piperidine rings is 1. The molecule has 7 heteroatoms. The average molecular weight is 290 g/mol. The largest absolute Gasteiger partial charge is 0.327 e. The highest BCUT2D eigenvalue weighted by molar-refractivity contribution is 6.03. The maximum absolute atomic E-state index is 12.4. The molecule has 7 nitrogen and oxygen atoms in total. The predicted molar refractivity (Wildman–Crippen MR) is 73.5 cm³/mol. The lowest BCUT2D eigenvalue weighted by atomic mass is 9.93. The fourth-order valence-corrected chi connectivity index (χ4v) is 3.02. The zero-order valence-corrected chi connectivity index (χ0v) is 11.9. The van der Waals surface area contributed by atoms with Gasteiger partial charge >= 0.3 is 6.03 Å². The Bertz CT molecular complexity index is 583. The minimum Gasteiger partial charge on any atom is -0.324 e. The Labute approximate surface area is 122 Å². The van der Waals surface area contributed by atoms with E-state index in [1.165, 1.54) is 0 Å². The van der Waals surface area contributed by atoms with Crippen LogP contribution < -0.4 is 0 Å². The summed E-state index contributed by atoms with van der Waals surface area (Å²) in [5.74, 6) is -0.0249. The third kappa shape index (κ3) is 2.43. The van der Waals surface area contributed by atoms with Gasteiger partial charge in [-0.05, 0) is 18.4 Å². The minimum atomic E-state index is -0.580. The second kappa shape index (κ2) is 5.31. The second-order valence-corrected chi connectivity index (χ2v) is 5.69. The van der Waals surface area contributed by atoms with Crippen LogP contribution >= 0.6 is 0 Å². The van der Waals surface area contributed by atoms with Crippen LogP contribution in [0.1, 0.15) is 30.7 Å². The predicted octanol–water partition coefficient (Wildman–Crippen LogP) is 0.519. The molecule has 1 aromatic rings. The number of rotatable bonds is 2. The van der Waals surface area contributed by atoms with Gasteiger partial charge in [0.2, 0.25) is 5.91 Å². The molecule has 2 fully saturated rings. The lowest BCUT2D eigenvalue weighted by Gasteiger charge is -2.41. The fraction of sp³-hybridized carbons (Fsp3) is 0.571. The molecule has 3 rings (SSSR count). The summed E-state index contributed by atoms with van der Waals surface area (Å²) >= 11 is 0. The van der Waals surface area contributed by atoms with Crippen LogP contribution in [-0.4, -0.2) is 56.9 Å². The van der Waals surface area contributed by atoms with Crippen LogP contribution in [0, 0.1) is 0 Å². The molecule has 0 spiro atoms. The van der Waals surface area contributed by atoms with Crippen molar-refractivity contribution < 1.29 is 14.4 Å². The van der Waals surface area contributed by atoms with E-state index in [0.717, 1.165) is 23.3 Å². The van der Waals surface area contributed by atoms with Crippen molar-refractivity contribution in [1.29, 1.82) is 0 Å². The molecule has 0 radical (unpaired) electrons. The zero-order chi connectivity index (χ0) is 15.0. The Morgan fingerprint density at radius 3 is 2.90 bits per heavy atom. The van der Waals surface area contributed by atoms with Gasteiger partial charge in [-0.15, -0.1) is 0 Å².